The smallest absolute Gasteiger partial charge is 0.0430 e. The molecule has 0 amide bonds. The first-order chi connectivity index (χ1) is 7.36. The monoisotopic (exact) mass is 236 g/mol. The highest BCUT2D eigenvalue weighted by atomic mass is 35.5. The Labute approximate surface area is 103 Å². The Kier molecular flexibility index (Phi) is 4.93. The number of hydrogen-bond acceptors (Lipinski definition) is 2. The maximum atomic E-state index is 3.22. The standard InChI is InChI=1S/C13H16N2.ClH/c1-12-6-5-10-14-15(12)11-9-13-7-3-2-4-8-13;/h2-8,10,14H,9,11H2,1H3;1H. The molecule has 0 spiro atoms. The minimum atomic E-state index is 0. The fraction of sp³-hybridized carbons (Fsp3) is 0.231. The Morgan fingerprint density at radius 1 is 1.19 bits per heavy atom. The van der Waals surface area contributed by atoms with E-state index in [1.54, 1.807) is 0 Å². The first-order valence-corrected chi connectivity index (χ1v) is 5.27. The van der Waals surface area contributed by atoms with Crippen molar-refractivity contribution in [2.75, 3.05) is 6.54 Å². The zero-order valence-corrected chi connectivity index (χ0v) is 10.2. The molecular formula is C13H17ClN2. The number of nitrogens with zero attached hydrogens (tertiary/aromatic N) is 1. The predicted molar refractivity (Wildman–Crippen MR) is 70.1 cm³/mol. The molecule has 0 aromatic heterocycles. The molecule has 1 aromatic carbocycles. The summed E-state index contributed by atoms with van der Waals surface area (Å²) >= 11 is 0. The fourth-order valence-corrected chi connectivity index (χ4v) is 1.64. The van der Waals surface area contributed by atoms with Crippen LogP contribution in [-0.4, -0.2) is 11.6 Å². The summed E-state index contributed by atoms with van der Waals surface area (Å²) in [6.45, 7) is 3.11. The van der Waals surface area contributed by atoms with E-state index >= 15 is 0 Å². The molecule has 2 rings (SSSR count). The summed E-state index contributed by atoms with van der Waals surface area (Å²) in [5, 5.41) is 2.16. The molecule has 2 nitrogen and oxygen atoms in total. The molecule has 1 N–H and O–H groups in total. The van der Waals surface area contributed by atoms with Gasteiger partial charge in [-0.3, -0.25) is 5.01 Å². The van der Waals surface area contributed by atoms with E-state index in [9.17, 15) is 0 Å². The van der Waals surface area contributed by atoms with Crippen molar-refractivity contribution in [1.82, 2.24) is 10.4 Å². The highest BCUT2D eigenvalue weighted by Gasteiger charge is 2.05. The molecule has 1 aliphatic heterocycles. The van der Waals surface area contributed by atoms with E-state index in [2.05, 4.69) is 53.8 Å². The molecule has 0 unspecified atom stereocenters. The lowest BCUT2D eigenvalue weighted by Gasteiger charge is -2.27. The maximum Gasteiger partial charge on any atom is 0.0430 e. The summed E-state index contributed by atoms with van der Waals surface area (Å²) in [6, 6.07) is 10.6. The first kappa shape index (κ1) is 12.7. The zero-order chi connectivity index (χ0) is 10.5. The molecule has 3 heteroatoms. The van der Waals surface area contributed by atoms with Crippen LogP contribution in [-0.2, 0) is 6.42 Å². The third-order valence-electron chi connectivity index (χ3n) is 2.56. The van der Waals surface area contributed by atoms with E-state index < -0.39 is 0 Å². The maximum absolute atomic E-state index is 3.22. The van der Waals surface area contributed by atoms with Crippen molar-refractivity contribution >= 4 is 12.4 Å². The largest absolute Gasteiger partial charge is 0.306 e. The van der Waals surface area contributed by atoms with Gasteiger partial charge < -0.3 is 5.43 Å². The Bertz CT molecular complexity index is 371. The molecule has 1 aliphatic rings. The van der Waals surface area contributed by atoms with Gasteiger partial charge in [0.05, 0.1) is 0 Å². The van der Waals surface area contributed by atoms with Crippen molar-refractivity contribution in [2.24, 2.45) is 0 Å². The van der Waals surface area contributed by atoms with Gasteiger partial charge in [0, 0.05) is 18.4 Å². The van der Waals surface area contributed by atoms with Crippen LogP contribution in [0, 0.1) is 0 Å². The molecule has 0 saturated heterocycles. The van der Waals surface area contributed by atoms with Crippen LogP contribution in [0.3, 0.4) is 0 Å². The topological polar surface area (TPSA) is 15.3 Å². The zero-order valence-electron chi connectivity index (χ0n) is 9.39. The van der Waals surface area contributed by atoms with Crippen LogP contribution in [0.4, 0.5) is 0 Å². The van der Waals surface area contributed by atoms with Crippen molar-refractivity contribution in [3.63, 3.8) is 0 Å². The van der Waals surface area contributed by atoms with E-state index in [4.69, 9.17) is 0 Å². The Hall–Kier alpha value is -1.41. The molecule has 16 heavy (non-hydrogen) atoms. The van der Waals surface area contributed by atoms with Crippen molar-refractivity contribution in [2.45, 2.75) is 13.3 Å². The van der Waals surface area contributed by atoms with Gasteiger partial charge in [0.25, 0.3) is 0 Å². The SMILES string of the molecule is CC1=CC=CNN1CCc1ccccc1.Cl. The fourth-order valence-electron chi connectivity index (χ4n) is 1.64. The molecule has 0 fully saturated rings. The summed E-state index contributed by atoms with van der Waals surface area (Å²) in [7, 11) is 0. The predicted octanol–water partition coefficient (Wildman–Crippen LogP) is 2.89. The van der Waals surface area contributed by atoms with Crippen molar-refractivity contribution in [1.29, 1.82) is 0 Å². The lowest BCUT2D eigenvalue weighted by atomic mass is 10.1. The van der Waals surface area contributed by atoms with Gasteiger partial charge in [-0.05, 0) is 31.1 Å². The van der Waals surface area contributed by atoms with Crippen LogP contribution < -0.4 is 5.43 Å². The van der Waals surface area contributed by atoms with E-state index in [0.29, 0.717) is 0 Å². The number of nitrogens with one attached hydrogen (secondary N) is 1. The second-order valence-electron chi connectivity index (χ2n) is 3.68. The van der Waals surface area contributed by atoms with Crippen LogP contribution >= 0.6 is 12.4 Å². The number of hydrazine groups is 1. The molecule has 1 aromatic rings. The average molecular weight is 237 g/mol. The Balaban J connectivity index is 0.00000128. The highest BCUT2D eigenvalue weighted by molar-refractivity contribution is 5.85. The van der Waals surface area contributed by atoms with Crippen molar-refractivity contribution < 1.29 is 0 Å². The Morgan fingerprint density at radius 3 is 2.62 bits per heavy atom. The number of rotatable bonds is 3. The summed E-state index contributed by atoms with van der Waals surface area (Å²) in [4.78, 5) is 0. The van der Waals surface area contributed by atoms with Gasteiger partial charge in [0.1, 0.15) is 0 Å². The van der Waals surface area contributed by atoms with Gasteiger partial charge in [-0.1, -0.05) is 30.3 Å². The summed E-state index contributed by atoms with van der Waals surface area (Å²) in [6.07, 6.45) is 7.15. The van der Waals surface area contributed by atoms with Gasteiger partial charge in [-0.25, -0.2) is 0 Å². The molecule has 86 valence electrons. The number of hydrogen-bond donors (Lipinski definition) is 1. The van der Waals surface area contributed by atoms with E-state index in [1.165, 1.54) is 11.3 Å². The van der Waals surface area contributed by atoms with Crippen LogP contribution in [0.25, 0.3) is 0 Å². The van der Waals surface area contributed by atoms with Gasteiger partial charge in [-0.2, -0.15) is 0 Å². The van der Waals surface area contributed by atoms with Crippen LogP contribution in [0.2, 0.25) is 0 Å². The molecule has 0 aliphatic carbocycles. The third kappa shape index (κ3) is 3.31. The molecule has 0 radical (unpaired) electrons. The van der Waals surface area contributed by atoms with Crippen LogP contribution in [0.5, 0.6) is 0 Å². The quantitative estimate of drug-likeness (QED) is 0.868. The Morgan fingerprint density at radius 2 is 1.94 bits per heavy atom. The van der Waals surface area contributed by atoms with Gasteiger partial charge in [0.15, 0.2) is 0 Å². The lowest BCUT2D eigenvalue weighted by molar-refractivity contribution is 0.287. The molecular weight excluding hydrogens is 220 g/mol. The van der Waals surface area contributed by atoms with Gasteiger partial charge in [-0.15, -0.1) is 12.4 Å². The third-order valence-corrected chi connectivity index (χ3v) is 2.56. The van der Waals surface area contributed by atoms with E-state index in [1.807, 2.05) is 12.3 Å². The summed E-state index contributed by atoms with van der Waals surface area (Å²) < 4.78 is 0. The van der Waals surface area contributed by atoms with Crippen molar-refractivity contribution in [3.8, 4) is 0 Å². The van der Waals surface area contributed by atoms with Gasteiger partial charge in [0.2, 0.25) is 0 Å². The minimum Gasteiger partial charge on any atom is -0.306 e. The minimum absolute atomic E-state index is 0. The summed E-state index contributed by atoms with van der Waals surface area (Å²) in [5.74, 6) is 0. The number of benzene rings is 1. The lowest BCUT2D eigenvalue weighted by Crippen LogP contribution is -2.35. The molecule has 0 bridgehead atoms. The molecule has 1 heterocycles. The van der Waals surface area contributed by atoms with Crippen LogP contribution in [0.1, 0.15) is 12.5 Å². The summed E-state index contributed by atoms with van der Waals surface area (Å²) in [5.41, 5.74) is 5.86. The number of halogens is 1. The number of allylic oxidation sites excluding steroid dienone is 3. The molecule has 0 atom stereocenters. The second kappa shape index (κ2) is 6.23. The van der Waals surface area contributed by atoms with Gasteiger partial charge >= 0.3 is 0 Å². The average Bonchev–Trinajstić information content (AvgIpc) is 2.29. The van der Waals surface area contributed by atoms with E-state index in [-0.39, 0.29) is 12.4 Å². The normalized spacial score (nSPS) is 13.8. The van der Waals surface area contributed by atoms with Crippen molar-refractivity contribution in [3.05, 3.63) is 59.9 Å². The molecule has 0 saturated carbocycles. The first-order valence-electron chi connectivity index (χ1n) is 5.27. The van der Waals surface area contributed by atoms with E-state index in [0.717, 1.165) is 13.0 Å². The second-order valence-corrected chi connectivity index (χ2v) is 3.68. The van der Waals surface area contributed by atoms with Crippen LogP contribution in [0.15, 0.2) is 54.4 Å². The highest BCUT2D eigenvalue weighted by Crippen LogP contribution is 2.07.